The average molecular weight is 307 g/mol. The van der Waals surface area contributed by atoms with Crippen LogP contribution in [-0.2, 0) is 7.05 Å². The summed E-state index contributed by atoms with van der Waals surface area (Å²) in [7, 11) is 2.04. The SMILES string of the molecule is Cn1ccc2cc(-n3cnnc3Sc3ccccn3)ccc21. The number of hydrogen-bond donors (Lipinski definition) is 0. The zero-order chi connectivity index (χ0) is 14.9. The number of pyridine rings is 1. The summed E-state index contributed by atoms with van der Waals surface area (Å²) in [6.45, 7) is 0. The molecule has 1 aromatic carbocycles. The zero-order valence-electron chi connectivity index (χ0n) is 11.9. The van der Waals surface area contributed by atoms with E-state index in [2.05, 4.69) is 50.2 Å². The third kappa shape index (κ3) is 2.27. The van der Waals surface area contributed by atoms with Gasteiger partial charge in [0.15, 0.2) is 0 Å². The lowest BCUT2D eigenvalue weighted by atomic mass is 10.2. The Morgan fingerprint density at radius 1 is 1.09 bits per heavy atom. The van der Waals surface area contributed by atoms with Crippen LogP contribution >= 0.6 is 11.8 Å². The summed E-state index contributed by atoms with van der Waals surface area (Å²) >= 11 is 1.50. The number of rotatable bonds is 3. The summed E-state index contributed by atoms with van der Waals surface area (Å²) in [5, 5.41) is 11.1. The molecule has 0 N–H and O–H groups in total. The third-order valence-electron chi connectivity index (χ3n) is 3.50. The monoisotopic (exact) mass is 307 g/mol. The Morgan fingerprint density at radius 2 is 2.05 bits per heavy atom. The van der Waals surface area contributed by atoms with Gasteiger partial charge >= 0.3 is 0 Å². The zero-order valence-corrected chi connectivity index (χ0v) is 12.7. The Hall–Kier alpha value is -2.60. The van der Waals surface area contributed by atoms with E-state index in [1.54, 1.807) is 12.5 Å². The van der Waals surface area contributed by atoms with Crippen molar-refractivity contribution in [1.82, 2.24) is 24.3 Å². The number of hydrogen-bond acceptors (Lipinski definition) is 4. The van der Waals surface area contributed by atoms with Crippen molar-refractivity contribution >= 4 is 22.7 Å². The van der Waals surface area contributed by atoms with Gasteiger partial charge in [0.1, 0.15) is 11.4 Å². The van der Waals surface area contributed by atoms with Gasteiger partial charge in [-0.15, -0.1) is 10.2 Å². The van der Waals surface area contributed by atoms with Gasteiger partial charge in [0.25, 0.3) is 0 Å². The molecule has 5 nitrogen and oxygen atoms in total. The fourth-order valence-corrected chi connectivity index (χ4v) is 3.18. The minimum absolute atomic E-state index is 0.800. The molecule has 6 heteroatoms. The summed E-state index contributed by atoms with van der Waals surface area (Å²) in [6.07, 6.45) is 5.57. The lowest BCUT2D eigenvalue weighted by Gasteiger charge is -2.06. The van der Waals surface area contributed by atoms with Crippen LogP contribution in [-0.4, -0.2) is 24.3 Å². The highest BCUT2D eigenvalue weighted by Crippen LogP contribution is 2.27. The smallest absolute Gasteiger partial charge is 0.201 e. The van der Waals surface area contributed by atoms with Crippen molar-refractivity contribution in [3.05, 3.63) is 61.2 Å². The summed E-state index contributed by atoms with van der Waals surface area (Å²) in [4.78, 5) is 4.32. The molecule has 3 heterocycles. The molecule has 0 aliphatic carbocycles. The molecule has 0 spiro atoms. The average Bonchev–Trinajstić information content (AvgIpc) is 3.15. The minimum atomic E-state index is 0.800. The van der Waals surface area contributed by atoms with E-state index in [0.29, 0.717) is 0 Å². The van der Waals surface area contributed by atoms with Crippen molar-refractivity contribution in [2.24, 2.45) is 7.05 Å². The van der Waals surface area contributed by atoms with Gasteiger partial charge in [-0.25, -0.2) is 4.98 Å². The van der Waals surface area contributed by atoms with Crippen LogP contribution < -0.4 is 0 Å². The number of benzene rings is 1. The van der Waals surface area contributed by atoms with Gasteiger partial charge in [-0.2, -0.15) is 0 Å². The Bertz CT molecular complexity index is 926. The van der Waals surface area contributed by atoms with Crippen LogP contribution in [0.3, 0.4) is 0 Å². The molecular formula is C16H13N5S. The largest absolute Gasteiger partial charge is 0.351 e. The lowest BCUT2D eigenvalue weighted by molar-refractivity contribution is 0.881. The summed E-state index contributed by atoms with van der Waals surface area (Å²) < 4.78 is 4.08. The van der Waals surface area contributed by atoms with Crippen molar-refractivity contribution in [1.29, 1.82) is 0 Å². The van der Waals surface area contributed by atoms with Crippen LogP contribution in [0.25, 0.3) is 16.6 Å². The number of aryl methyl sites for hydroxylation is 1. The van der Waals surface area contributed by atoms with Crippen molar-refractivity contribution in [3.8, 4) is 5.69 Å². The standard InChI is InChI=1S/C16H13N5S/c1-20-9-7-12-10-13(5-6-14(12)20)21-11-18-19-16(21)22-15-4-2-3-8-17-15/h2-11H,1H3. The van der Waals surface area contributed by atoms with E-state index in [9.17, 15) is 0 Å². The summed E-state index contributed by atoms with van der Waals surface area (Å²) in [5.41, 5.74) is 2.25. The maximum Gasteiger partial charge on any atom is 0.201 e. The van der Waals surface area contributed by atoms with Gasteiger partial charge in [0.05, 0.1) is 0 Å². The molecule has 4 rings (SSSR count). The first-order chi connectivity index (χ1) is 10.8. The topological polar surface area (TPSA) is 48.5 Å². The van der Waals surface area contributed by atoms with Crippen LogP contribution in [0.2, 0.25) is 0 Å². The Labute approximate surface area is 131 Å². The highest BCUT2D eigenvalue weighted by Gasteiger charge is 2.10. The highest BCUT2D eigenvalue weighted by atomic mass is 32.2. The molecule has 22 heavy (non-hydrogen) atoms. The third-order valence-corrected chi connectivity index (χ3v) is 4.41. The van der Waals surface area contributed by atoms with Crippen LogP contribution in [0.1, 0.15) is 0 Å². The second kappa shape index (κ2) is 5.31. The highest BCUT2D eigenvalue weighted by molar-refractivity contribution is 7.99. The molecule has 0 aliphatic rings. The van der Waals surface area contributed by atoms with Gasteiger partial charge < -0.3 is 4.57 Å². The Kier molecular flexibility index (Phi) is 3.16. The second-order valence-corrected chi connectivity index (χ2v) is 5.91. The van der Waals surface area contributed by atoms with Crippen LogP contribution in [0.5, 0.6) is 0 Å². The van der Waals surface area contributed by atoms with Gasteiger partial charge in [0, 0.05) is 36.0 Å². The number of fused-ring (bicyclic) bond motifs is 1. The van der Waals surface area contributed by atoms with Crippen LogP contribution in [0.4, 0.5) is 0 Å². The predicted molar refractivity (Wildman–Crippen MR) is 86.2 cm³/mol. The van der Waals surface area contributed by atoms with E-state index in [-0.39, 0.29) is 0 Å². The molecule has 0 aliphatic heterocycles. The maximum absolute atomic E-state index is 4.32. The Balaban J connectivity index is 1.74. The minimum Gasteiger partial charge on any atom is -0.351 e. The fourth-order valence-electron chi connectivity index (χ4n) is 2.39. The molecule has 4 aromatic rings. The van der Waals surface area contributed by atoms with Gasteiger partial charge in [0.2, 0.25) is 5.16 Å². The normalized spacial score (nSPS) is 11.1. The molecule has 0 radical (unpaired) electrons. The Morgan fingerprint density at radius 3 is 2.91 bits per heavy atom. The van der Waals surface area contributed by atoms with E-state index in [1.807, 2.05) is 29.8 Å². The molecule has 108 valence electrons. The molecular weight excluding hydrogens is 294 g/mol. The molecule has 0 bridgehead atoms. The molecule has 0 amide bonds. The lowest BCUT2D eigenvalue weighted by Crippen LogP contribution is -1.95. The van der Waals surface area contributed by atoms with Gasteiger partial charge in [-0.3, -0.25) is 4.57 Å². The van der Waals surface area contributed by atoms with E-state index in [0.717, 1.165) is 15.9 Å². The van der Waals surface area contributed by atoms with Crippen molar-refractivity contribution < 1.29 is 0 Å². The van der Waals surface area contributed by atoms with Crippen LogP contribution in [0, 0.1) is 0 Å². The summed E-state index contributed by atoms with van der Waals surface area (Å²) in [6, 6.07) is 14.3. The van der Waals surface area contributed by atoms with E-state index >= 15 is 0 Å². The predicted octanol–water partition coefficient (Wildman–Crippen LogP) is 3.31. The number of aromatic nitrogens is 5. The maximum atomic E-state index is 4.32. The van der Waals surface area contributed by atoms with Crippen molar-refractivity contribution in [2.75, 3.05) is 0 Å². The van der Waals surface area contributed by atoms with Crippen molar-refractivity contribution in [2.45, 2.75) is 10.2 Å². The molecule has 0 unspecified atom stereocenters. The van der Waals surface area contributed by atoms with Gasteiger partial charge in [-0.05, 0) is 48.2 Å². The number of nitrogens with zero attached hydrogens (tertiary/aromatic N) is 5. The van der Waals surface area contributed by atoms with E-state index < -0.39 is 0 Å². The van der Waals surface area contributed by atoms with E-state index in [1.165, 1.54) is 22.7 Å². The summed E-state index contributed by atoms with van der Waals surface area (Å²) in [5.74, 6) is 0. The molecule has 0 saturated heterocycles. The van der Waals surface area contributed by atoms with E-state index in [4.69, 9.17) is 0 Å². The molecule has 3 aromatic heterocycles. The first-order valence-electron chi connectivity index (χ1n) is 6.86. The van der Waals surface area contributed by atoms with Crippen molar-refractivity contribution in [3.63, 3.8) is 0 Å². The van der Waals surface area contributed by atoms with Crippen LogP contribution in [0.15, 0.2) is 71.4 Å². The quantitative estimate of drug-likeness (QED) is 0.582. The second-order valence-electron chi connectivity index (χ2n) is 4.92. The first kappa shape index (κ1) is 13.1. The molecule has 0 saturated carbocycles. The first-order valence-corrected chi connectivity index (χ1v) is 7.67. The molecule has 0 atom stereocenters. The van der Waals surface area contributed by atoms with Gasteiger partial charge in [-0.1, -0.05) is 6.07 Å². The molecule has 0 fully saturated rings. The fraction of sp³-hybridized carbons (Fsp3) is 0.0625.